The molecular formula is C32H41N3O5S. The smallest absolute Gasteiger partial charge is 0.264 e. The molecular weight excluding hydrogens is 538 g/mol. The van der Waals surface area contributed by atoms with E-state index in [0.29, 0.717) is 17.9 Å². The van der Waals surface area contributed by atoms with Crippen LogP contribution in [0.5, 0.6) is 5.75 Å². The van der Waals surface area contributed by atoms with Gasteiger partial charge in [0.15, 0.2) is 0 Å². The number of anilines is 1. The molecule has 0 saturated carbocycles. The van der Waals surface area contributed by atoms with E-state index in [0.717, 1.165) is 27.4 Å². The van der Waals surface area contributed by atoms with E-state index in [4.69, 9.17) is 4.74 Å². The Balaban J connectivity index is 2.06. The van der Waals surface area contributed by atoms with Gasteiger partial charge >= 0.3 is 0 Å². The van der Waals surface area contributed by atoms with Gasteiger partial charge in [-0.25, -0.2) is 8.42 Å². The van der Waals surface area contributed by atoms with Crippen LogP contribution in [0.15, 0.2) is 77.7 Å². The van der Waals surface area contributed by atoms with Gasteiger partial charge in [0, 0.05) is 12.6 Å². The first-order valence-corrected chi connectivity index (χ1v) is 15.3. The zero-order chi connectivity index (χ0) is 30.2. The van der Waals surface area contributed by atoms with Crippen LogP contribution >= 0.6 is 0 Å². The van der Waals surface area contributed by atoms with Crippen LogP contribution in [0.2, 0.25) is 0 Å². The van der Waals surface area contributed by atoms with Crippen molar-refractivity contribution in [1.29, 1.82) is 0 Å². The van der Waals surface area contributed by atoms with Gasteiger partial charge in [-0.1, -0.05) is 50.2 Å². The first-order valence-electron chi connectivity index (χ1n) is 13.9. The molecule has 2 amide bonds. The molecule has 0 fully saturated rings. The van der Waals surface area contributed by atoms with Crippen molar-refractivity contribution >= 4 is 27.5 Å². The van der Waals surface area contributed by atoms with Crippen molar-refractivity contribution in [3.63, 3.8) is 0 Å². The van der Waals surface area contributed by atoms with Crippen molar-refractivity contribution in [1.82, 2.24) is 10.2 Å². The lowest BCUT2D eigenvalue weighted by Crippen LogP contribution is -2.53. The summed E-state index contributed by atoms with van der Waals surface area (Å²) in [6.07, 6.45) is 1.10. The lowest BCUT2D eigenvalue weighted by molar-refractivity contribution is -0.140. The zero-order valence-corrected chi connectivity index (χ0v) is 25.6. The Labute approximate surface area is 244 Å². The second kappa shape index (κ2) is 14.2. The van der Waals surface area contributed by atoms with Crippen molar-refractivity contribution in [3.8, 4) is 5.75 Å². The predicted octanol–water partition coefficient (Wildman–Crippen LogP) is 5.23. The highest BCUT2D eigenvalue weighted by molar-refractivity contribution is 7.92. The third-order valence-electron chi connectivity index (χ3n) is 7.29. The monoisotopic (exact) mass is 579 g/mol. The molecule has 0 aliphatic heterocycles. The summed E-state index contributed by atoms with van der Waals surface area (Å²) in [5.41, 5.74) is 3.08. The largest absolute Gasteiger partial charge is 0.497 e. The van der Waals surface area contributed by atoms with Crippen LogP contribution in [-0.4, -0.2) is 50.9 Å². The molecule has 0 bridgehead atoms. The van der Waals surface area contributed by atoms with E-state index < -0.39 is 28.5 Å². The Bertz CT molecular complexity index is 1430. The van der Waals surface area contributed by atoms with Crippen LogP contribution in [-0.2, 0) is 26.2 Å². The summed E-state index contributed by atoms with van der Waals surface area (Å²) in [5.74, 6) is -0.0832. The molecule has 3 aromatic carbocycles. The zero-order valence-electron chi connectivity index (χ0n) is 24.8. The topological polar surface area (TPSA) is 96.0 Å². The molecule has 3 aromatic rings. The minimum absolute atomic E-state index is 0.0695. The van der Waals surface area contributed by atoms with Crippen molar-refractivity contribution in [3.05, 3.63) is 89.5 Å². The minimum atomic E-state index is -4.10. The van der Waals surface area contributed by atoms with Crippen molar-refractivity contribution in [2.45, 2.75) is 71.0 Å². The summed E-state index contributed by atoms with van der Waals surface area (Å²) >= 11 is 0. The molecule has 0 heterocycles. The summed E-state index contributed by atoms with van der Waals surface area (Å²) in [4.78, 5) is 29.1. The fourth-order valence-electron chi connectivity index (χ4n) is 4.42. The van der Waals surface area contributed by atoms with Gasteiger partial charge in [0.05, 0.1) is 17.7 Å². The highest BCUT2D eigenvalue weighted by Gasteiger charge is 2.34. The van der Waals surface area contributed by atoms with Gasteiger partial charge in [-0.05, 0) is 86.7 Å². The number of ether oxygens (including phenoxy) is 1. The van der Waals surface area contributed by atoms with E-state index in [-0.39, 0.29) is 23.4 Å². The molecule has 0 spiro atoms. The molecule has 41 heavy (non-hydrogen) atoms. The molecule has 0 unspecified atom stereocenters. The van der Waals surface area contributed by atoms with Crippen molar-refractivity contribution < 1.29 is 22.7 Å². The molecule has 0 aliphatic rings. The Morgan fingerprint density at radius 3 is 2.12 bits per heavy atom. The van der Waals surface area contributed by atoms with Gasteiger partial charge in [-0.3, -0.25) is 13.9 Å². The van der Waals surface area contributed by atoms with Crippen LogP contribution in [0.25, 0.3) is 0 Å². The number of nitrogens with zero attached hydrogens (tertiary/aromatic N) is 2. The number of hydrogen-bond donors (Lipinski definition) is 1. The number of amides is 2. The SMILES string of the molecule is CC[C@@H](C)NC(=O)[C@@H](CC)N(Cc1ccc(OC)cc1)C(=O)CN(c1ccc(C)c(C)c1)S(=O)(=O)c1ccccc1. The van der Waals surface area contributed by atoms with Gasteiger partial charge in [-0.2, -0.15) is 0 Å². The Morgan fingerprint density at radius 2 is 1.56 bits per heavy atom. The minimum Gasteiger partial charge on any atom is -0.497 e. The Kier molecular flexibility index (Phi) is 10.9. The average Bonchev–Trinajstić information content (AvgIpc) is 2.97. The summed E-state index contributed by atoms with van der Waals surface area (Å²) in [7, 11) is -2.53. The number of aryl methyl sites for hydroxylation is 2. The second-order valence-corrected chi connectivity index (χ2v) is 12.1. The van der Waals surface area contributed by atoms with Gasteiger partial charge in [0.25, 0.3) is 10.0 Å². The molecule has 0 aliphatic carbocycles. The third kappa shape index (κ3) is 7.88. The predicted molar refractivity (Wildman–Crippen MR) is 162 cm³/mol. The maximum atomic E-state index is 14.2. The highest BCUT2D eigenvalue weighted by Crippen LogP contribution is 2.27. The van der Waals surface area contributed by atoms with Gasteiger partial charge in [0.2, 0.25) is 11.8 Å². The number of sulfonamides is 1. The Hall–Kier alpha value is -3.85. The molecule has 220 valence electrons. The second-order valence-electron chi connectivity index (χ2n) is 10.2. The van der Waals surface area contributed by atoms with E-state index in [9.17, 15) is 18.0 Å². The molecule has 2 atom stereocenters. The maximum Gasteiger partial charge on any atom is 0.264 e. The van der Waals surface area contributed by atoms with E-state index in [1.807, 2.05) is 52.8 Å². The number of nitrogens with one attached hydrogen (secondary N) is 1. The summed E-state index contributed by atoms with van der Waals surface area (Å²) in [6, 6.07) is 19.8. The number of carbonyl (C=O) groups is 2. The van der Waals surface area contributed by atoms with E-state index in [1.165, 1.54) is 17.0 Å². The molecule has 3 rings (SSSR count). The quantitative estimate of drug-likeness (QED) is 0.299. The van der Waals surface area contributed by atoms with E-state index in [2.05, 4.69) is 5.32 Å². The van der Waals surface area contributed by atoms with Crippen molar-refractivity contribution in [2.75, 3.05) is 18.0 Å². The maximum absolute atomic E-state index is 14.2. The highest BCUT2D eigenvalue weighted by atomic mass is 32.2. The van der Waals surface area contributed by atoms with Crippen LogP contribution in [0.1, 0.15) is 50.3 Å². The lowest BCUT2D eigenvalue weighted by Gasteiger charge is -2.34. The molecule has 1 N–H and O–H groups in total. The van der Waals surface area contributed by atoms with E-state index >= 15 is 0 Å². The number of benzene rings is 3. The van der Waals surface area contributed by atoms with Gasteiger partial charge in [0.1, 0.15) is 18.3 Å². The average molecular weight is 580 g/mol. The number of methoxy groups -OCH3 is 1. The van der Waals surface area contributed by atoms with Crippen LogP contribution in [0.4, 0.5) is 5.69 Å². The van der Waals surface area contributed by atoms with Crippen LogP contribution < -0.4 is 14.4 Å². The fourth-order valence-corrected chi connectivity index (χ4v) is 5.84. The summed E-state index contributed by atoms with van der Waals surface area (Å²) < 4.78 is 34.3. The number of hydrogen-bond acceptors (Lipinski definition) is 5. The summed E-state index contributed by atoms with van der Waals surface area (Å²) in [5, 5.41) is 2.99. The van der Waals surface area contributed by atoms with Gasteiger partial charge < -0.3 is 15.0 Å². The fraction of sp³-hybridized carbons (Fsp3) is 0.375. The molecule has 0 radical (unpaired) electrons. The third-order valence-corrected chi connectivity index (χ3v) is 9.08. The number of rotatable bonds is 13. The summed E-state index contributed by atoms with van der Waals surface area (Å²) in [6.45, 7) is 9.23. The Morgan fingerprint density at radius 1 is 0.902 bits per heavy atom. The molecule has 8 nitrogen and oxygen atoms in total. The molecule has 0 saturated heterocycles. The van der Waals surface area contributed by atoms with Gasteiger partial charge in [-0.15, -0.1) is 0 Å². The first kappa shape index (κ1) is 31.7. The van der Waals surface area contributed by atoms with Crippen LogP contribution in [0.3, 0.4) is 0 Å². The lowest BCUT2D eigenvalue weighted by atomic mass is 10.1. The molecule has 9 heteroatoms. The standard InChI is InChI=1S/C32H41N3O5S/c1-7-25(5)33-32(37)30(8-2)34(21-26-15-18-28(40-6)19-16-26)31(36)22-35(27-17-14-23(3)24(4)20-27)41(38,39)29-12-10-9-11-13-29/h9-20,25,30H,7-8,21-22H2,1-6H3,(H,33,37)/t25-,30-/m1/s1. The van der Waals surface area contributed by atoms with E-state index in [1.54, 1.807) is 49.6 Å². The molecule has 0 aromatic heterocycles. The number of carbonyl (C=O) groups excluding carboxylic acids is 2. The first-order chi connectivity index (χ1) is 19.5. The normalized spacial score (nSPS) is 12.7. The van der Waals surface area contributed by atoms with Crippen LogP contribution in [0, 0.1) is 13.8 Å². The van der Waals surface area contributed by atoms with Crippen molar-refractivity contribution in [2.24, 2.45) is 0 Å².